The molecule has 5 rings (SSSR count). The van der Waals surface area contributed by atoms with Crippen molar-refractivity contribution in [1.82, 2.24) is 24.9 Å². The molecule has 0 fully saturated rings. The smallest absolute Gasteiger partial charge is 0.306 e. The molecule has 8 nitrogen and oxygen atoms in total. The lowest BCUT2D eigenvalue weighted by Gasteiger charge is -2.25. The first-order valence-electron chi connectivity index (χ1n) is 13.7. The van der Waals surface area contributed by atoms with Gasteiger partial charge in [0.2, 0.25) is 5.88 Å². The number of hydrogen-bond acceptors (Lipinski definition) is 7. The van der Waals surface area contributed by atoms with Crippen molar-refractivity contribution in [1.29, 1.82) is 0 Å². The summed E-state index contributed by atoms with van der Waals surface area (Å²) < 4.78 is 13.4. The largest absolute Gasteiger partial charge is 0.473 e. The average molecular weight is 528 g/mol. The lowest BCUT2D eigenvalue weighted by molar-refractivity contribution is -0.143. The molecule has 0 amide bonds. The van der Waals surface area contributed by atoms with Crippen molar-refractivity contribution in [2.75, 3.05) is 13.2 Å². The fraction of sp³-hybridized carbons (Fsp3) is 0.419. The number of pyridine rings is 1. The standard InChI is InChI=1S/C31H37N5O3/c1-6-25-19-36(17-23-9-8-14-32-31(23)39-25)18-24-15-22(11-10-20(24)3)27(16-29(37)38-7-2)26-12-13-28-30(21(26)4)33-34-35(28)5/h8-15,25,27H,6-7,16-19H2,1-5H3. The Kier molecular flexibility index (Phi) is 7.93. The Bertz CT molecular complexity index is 1480. The van der Waals surface area contributed by atoms with Gasteiger partial charge >= 0.3 is 5.97 Å². The van der Waals surface area contributed by atoms with Gasteiger partial charge in [-0.1, -0.05) is 42.5 Å². The van der Waals surface area contributed by atoms with Gasteiger partial charge in [-0.05, 0) is 67.1 Å². The van der Waals surface area contributed by atoms with E-state index in [4.69, 9.17) is 9.47 Å². The molecule has 0 bridgehead atoms. The highest BCUT2D eigenvalue weighted by Gasteiger charge is 2.26. The van der Waals surface area contributed by atoms with Crippen molar-refractivity contribution in [2.45, 2.75) is 65.6 Å². The molecule has 2 unspecified atom stereocenters. The van der Waals surface area contributed by atoms with Crippen LogP contribution in [0, 0.1) is 13.8 Å². The summed E-state index contributed by atoms with van der Waals surface area (Å²) in [5, 5.41) is 8.60. The van der Waals surface area contributed by atoms with Crippen LogP contribution < -0.4 is 4.74 Å². The maximum absolute atomic E-state index is 12.8. The van der Waals surface area contributed by atoms with Gasteiger partial charge in [-0.2, -0.15) is 0 Å². The maximum Gasteiger partial charge on any atom is 0.306 e. The summed E-state index contributed by atoms with van der Waals surface area (Å²) in [7, 11) is 1.89. The summed E-state index contributed by atoms with van der Waals surface area (Å²) in [5.74, 6) is 0.375. The first kappa shape index (κ1) is 26.8. The summed E-state index contributed by atoms with van der Waals surface area (Å²) in [4.78, 5) is 19.7. The van der Waals surface area contributed by atoms with E-state index >= 15 is 0 Å². The predicted octanol–water partition coefficient (Wildman–Crippen LogP) is 5.24. The van der Waals surface area contributed by atoms with Gasteiger partial charge in [-0.25, -0.2) is 9.67 Å². The zero-order chi connectivity index (χ0) is 27.5. The molecule has 0 saturated carbocycles. The molecule has 0 aliphatic carbocycles. The first-order chi connectivity index (χ1) is 18.9. The van der Waals surface area contributed by atoms with Crippen molar-refractivity contribution in [3.8, 4) is 5.88 Å². The molecule has 4 aromatic rings. The van der Waals surface area contributed by atoms with Crippen LogP contribution in [0.4, 0.5) is 0 Å². The number of carbonyl (C=O) groups excluding carboxylic acids is 1. The summed E-state index contributed by atoms with van der Waals surface area (Å²) in [6.07, 6.45) is 3.05. The number of fused-ring (bicyclic) bond motifs is 2. The zero-order valence-corrected chi connectivity index (χ0v) is 23.5. The van der Waals surface area contributed by atoms with E-state index in [1.807, 2.05) is 26.1 Å². The molecule has 1 aliphatic rings. The van der Waals surface area contributed by atoms with Gasteiger partial charge in [0, 0.05) is 44.4 Å². The number of ether oxygens (including phenoxy) is 2. The van der Waals surface area contributed by atoms with Crippen LogP contribution in [-0.4, -0.2) is 50.1 Å². The summed E-state index contributed by atoms with van der Waals surface area (Å²) in [5.41, 5.74) is 8.60. The van der Waals surface area contributed by atoms with Crippen LogP contribution in [0.3, 0.4) is 0 Å². The van der Waals surface area contributed by atoms with E-state index in [-0.39, 0.29) is 24.4 Å². The highest BCUT2D eigenvalue weighted by atomic mass is 16.5. The minimum atomic E-state index is -0.206. The Balaban J connectivity index is 1.50. The van der Waals surface area contributed by atoms with E-state index in [0.717, 1.165) is 65.2 Å². The quantitative estimate of drug-likeness (QED) is 0.290. The molecule has 2 aromatic heterocycles. The van der Waals surface area contributed by atoms with E-state index in [9.17, 15) is 4.79 Å². The van der Waals surface area contributed by atoms with Crippen molar-refractivity contribution in [3.05, 3.63) is 82.0 Å². The number of nitrogens with zero attached hydrogens (tertiary/aromatic N) is 5. The molecule has 0 spiro atoms. The van der Waals surface area contributed by atoms with Crippen molar-refractivity contribution < 1.29 is 14.3 Å². The second kappa shape index (κ2) is 11.5. The summed E-state index contributed by atoms with van der Waals surface area (Å²) in [6, 6.07) is 14.8. The molecule has 0 N–H and O–H groups in total. The minimum absolute atomic E-state index is 0.0857. The van der Waals surface area contributed by atoms with Crippen LogP contribution in [0.2, 0.25) is 0 Å². The summed E-state index contributed by atoms with van der Waals surface area (Å²) in [6.45, 7) is 10.9. The molecule has 39 heavy (non-hydrogen) atoms. The molecule has 2 atom stereocenters. The highest BCUT2D eigenvalue weighted by Crippen LogP contribution is 2.35. The third-order valence-electron chi connectivity index (χ3n) is 7.74. The number of aromatic nitrogens is 4. The third kappa shape index (κ3) is 5.66. The fourth-order valence-corrected chi connectivity index (χ4v) is 5.51. The number of rotatable bonds is 8. The first-order valence-corrected chi connectivity index (χ1v) is 13.7. The second-order valence-electron chi connectivity index (χ2n) is 10.4. The Morgan fingerprint density at radius 3 is 2.82 bits per heavy atom. The molecule has 3 heterocycles. The van der Waals surface area contributed by atoms with E-state index in [1.165, 1.54) is 11.1 Å². The van der Waals surface area contributed by atoms with Crippen molar-refractivity contribution in [2.24, 2.45) is 7.05 Å². The van der Waals surface area contributed by atoms with E-state index in [2.05, 4.69) is 71.3 Å². The Morgan fingerprint density at radius 1 is 1.18 bits per heavy atom. The van der Waals surface area contributed by atoms with Gasteiger partial charge in [-0.15, -0.1) is 5.10 Å². The highest BCUT2D eigenvalue weighted by molar-refractivity contribution is 5.80. The molecular formula is C31H37N5O3. The van der Waals surface area contributed by atoms with Crippen molar-refractivity contribution in [3.63, 3.8) is 0 Å². The van der Waals surface area contributed by atoms with E-state index in [1.54, 1.807) is 10.9 Å². The maximum atomic E-state index is 12.8. The number of aryl methyl sites for hydroxylation is 3. The van der Waals surface area contributed by atoms with Crippen LogP contribution in [0.25, 0.3) is 11.0 Å². The Labute approximate surface area is 229 Å². The van der Waals surface area contributed by atoms with Gasteiger partial charge in [-0.3, -0.25) is 9.69 Å². The van der Waals surface area contributed by atoms with Gasteiger partial charge in [0.1, 0.15) is 11.6 Å². The lowest BCUT2D eigenvalue weighted by Crippen LogP contribution is -2.32. The number of hydrogen-bond donors (Lipinski definition) is 0. The monoisotopic (exact) mass is 527 g/mol. The van der Waals surface area contributed by atoms with Crippen molar-refractivity contribution >= 4 is 17.0 Å². The average Bonchev–Trinajstić information content (AvgIpc) is 3.20. The Hall–Kier alpha value is -3.78. The van der Waals surface area contributed by atoms with Gasteiger partial charge in [0.15, 0.2) is 0 Å². The van der Waals surface area contributed by atoms with Crippen LogP contribution in [0.5, 0.6) is 5.88 Å². The molecule has 8 heteroatoms. The van der Waals surface area contributed by atoms with Crippen LogP contribution in [0.15, 0.2) is 48.7 Å². The number of esters is 1. The molecule has 204 valence electrons. The normalized spacial score (nSPS) is 16.4. The Morgan fingerprint density at radius 2 is 2.03 bits per heavy atom. The fourth-order valence-electron chi connectivity index (χ4n) is 5.51. The topological polar surface area (TPSA) is 82.4 Å². The van der Waals surface area contributed by atoms with Gasteiger partial charge in [0.05, 0.1) is 18.5 Å². The van der Waals surface area contributed by atoms with E-state index < -0.39 is 0 Å². The molecule has 0 radical (unpaired) electrons. The van der Waals surface area contributed by atoms with E-state index in [0.29, 0.717) is 6.61 Å². The van der Waals surface area contributed by atoms with Crippen LogP contribution >= 0.6 is 0 Å². The van der Waals surface area contributed by atoms with Gasteiger partial charge < -0.3 is 9.47 Å². The lowest BCUT2D eigenvalue weighted by atomic mass is 9.84. The van der Waals surface area contributed by atoms with Crippen LogP contribution in [-0.2, 0) is 29.7 Å². The number of carbonyl (C=O) groups is 1. The number of benzene rings is 2. The SMILES string of the molecule is CCOC(=O)CC(c1ccc(C)c(CN2Cc3cccnc3OC(CC)C2)c1)c1ccc2c(nnn2C)c1C. The zero-order valence-electron chi connectivity index (χ0n) is 23.5. The van der Waals surface area contributed by atoms with Gasteiger partial charge in [0.25, 0.3) is 0 Å². The molecule has 0 saturated heterocycles. The molecule has 1 aliphatic heterocycles. The predicted molar refractivity (Wildman–Crippen MR) is 151 cm³/mol. The third-order valence-corrected chi connectivity index (χ3v) is 7.74. The minimum Gasteiger partial charge on any atom is -0.473 e. The molecule has 2 aromatic carbocycles. The summed E-state index contributed by atoms with van der Waals surface area (Å²) >= 11 is 0. The van der Waals surface area contributed by atoms with Crippen LogP contribution in [0.1, 0.15) is 66.0 Å². The molecular weight excluding hydrogens is 490 g/mol. The second-order valence-corrected chi connectivity index (χ2v) is 10.4.